The van der Waals surface area contributed by atoms with Gasteiger partial charge in [-0.2, -0.15) is 0 Å². The van der Waals surface area contributed by atoms with Crippen molar-refractivity contribution in [1.29, 1.82) is 0 Å². The van der Waals surface area contributed by atoms with E-state index in [9.17, 15) is 9.59 Å². The van der Waals surface area contributed by atoms with Crippen molar-refractivity contribution < 1.29 is 23.8 Å². The van der Waals surface area contributed by atoms with E-state index >= 15 is 0 Å². The first kappa shape index (κ1) is 18.3. The maximum Gasteiger partial charge on any atom is 0.333 e. The van der Waals surface area contributed by atoms with Gasteiger partial charge in [0.25, 0.3) is 0 Å². The van der Waals surface area contributed by atoms with Gasteiger partial charge in [-0.1, -0.05) is 36.7 Å². The van der Waals surface area contributed by atoms with Crippen LogP contribution in [0.15, 0.2) is 35.0 Å². The van der Waals surface area contributed by atoms with Crippen LogP contribution in [0.3, 0.4) is 0 Å². The fourth-order valence-electron chi connectivity index (χ4n) is 3.61. The Morgan fingerprint density at radius 3 is 2.17 bits per heavy atom. The van der Waals surface area contributed by atoms with Crippen LogP contribution in [-0.4, -0.2) is 41.3 Å². The van der Waals surface area contributed by atoms with Crippen LogP contribution in [0.5, 0.6) is 5.75 Å². The molecule has 1 atom stereocenters. The van der Waals surface area contributed by atoms with Crippen LogP contribution >= 0.6 is 0 Å². The van der Waals surface area contributed by atoms with Gasteiger partial charge >= 0.3 is 11.9 Å². The van der Waals surface area contributed by atoms with Crippen molar-refractivity contribution >= 4 is 25.2 Å². The molecule has 5 nitrogen and oxygen atoms in total. The number of ether oxygens (including phenoxy) is 3. The van der Waals surface area contributed by atoms with Crippen LogP contribution in [0, 0.1) is 0 Å². The summed E-state index contributed by atoms with van der Waals surface area (Å²) in [7, 11) is 1.96. The molecule has 0 fully saturated rings. The zero-order valence-electron chi connectivity index (χ0n) is 14.7. The molecule has 0 N–H and O–H groups in total. The highest BCUT2D eigenvalue weighted by molar-refractivity contribution is 7.01. The lowest BCUT2D eigenvalue weighted by molar-refractivity contribution is -0.139. The topological polar surface area (TPSA) is 61.8 Å². The Balaban J connectivity index is 2.67. The molecule has 0 aliphatic carbocycles. The van der Waals surface area contributed by atoms with E-state index in [4.69, 9.17) is 14.2 Å². The van der Waals surface area contributed by atoms with Gasteiger partial charge in [0.2, 0.25) is 0 Å². The maximum absolute atomic E-state index is 12.6. The Bertz CT molecular complexity index is 650. The largest absolute Gasteiger partial charge is 0.497 e. The minimum Gasteiger partial charge on any atom is -0.497 e. The molecule has 0 amide bonds. The molecule has 0 spiro atoms. The second-order valence-electron chi connectivity index (χ2n) is 5.85. The number of hydrogen-bond donors (Lipinski definition) is 0. The molecular weight excluding hydrogens is 324 g/mol. The number of carbonyl (C=O) groups excluding carboxylic acids is 2. The summed E-state index contributed by atoms with van der Waals surface area (Å²) in [6.45, 7) is 2.08. The third-order valence-corrected chi connectivity index (χ3v) is 10.2. The smallest absolute Gasteiger partial charge is 0.333 e. The summed E-state index contributed by atoms with van der Waals surface area (Å²) in [6, 6.07) is 9.57. The molecule has 1 aromatic carbocycles. The molecule has 0 radical (unpaired) electrons. The Morgan fingerprint density at radius 2 is 1.67 bits per heavy atom. The number of esters is 2. The van der Waals surface area contributed by atoms with Gasteiger partial charge in [0.15, 0.2) is 0 Å². The zero-order chi connectivity index (χ0) is 17.7. The molecule has 1 heterocycles. The van der Waals surface area contributed by atoms with E-state index in [-0.39, 0.29) is 0 Å². The van der Waals surface area contributed by atoms with Crippen LogP contribution in [0.4, 0.5) is 0 Å². The molecule has 1 aromatic rings. The molecule has 0 unspecified atom stereocenters. The summed E-state index contributed by atoms with van der Waals surface area (Å²) in [5, 5.41) is 1.68. The van der Waals surface area contributed by atoms with Crippen molar-refractivity contribution in [2.75, 3.05) is 21.3 Å². The van der Waals surface area contributed by atoms with Crippen LogP contribution in [0.2, 0.25) is 12.1 Å². The van der Waals surface area contributed by atoms with Gasteiger partial charge in [-0.15, -0.1) is 0 Å². The predicted octanol–water partition coefficient (Wildman–Crippen LogP) is 2.35. The second kappa shape index (κ2) is 7.66. The summed E-state index contributed by atoms with van der Waals surface area (Å²) < 4.78 is 15.2. The van der Waals surface area contributed by atoms with E-state index in [1.165, 1.54) is 14.2 Å². The summed E-state index contributed by atoms with van der Waals surface area (Å²) >= 11 is 0. The zero-order valence-corrected chi connectivity index (χ0v) is 15.7. The highest BCUT2D eigenvalue weighted by atomic mass is 28.3. The van der Waals surface area contributed by atoms with Gasteiger partial charge in [-0.25, -0.2) is 9.59 Å². The molecule has 0 aromatic heterocycles. The molecule has 0 saturated carbocycles. The molecule has 6 heteroatoms. The molecular formula is C18H24O5Si. The summed E-state index contributed by atoms with van der Waals surface area (Å²) in [5.41, 5.74) is 0.486. The lowest BCUT2D eigenvalue weighted by atomic mass is 10.1. The van der Waals surface area contributed by atoms with Crippen molar-refractivity contribution in [2.45, 2.75) is 31.9 Å². The number of carbonyl (C=O) groups is 2. The van der Waals surface area contributed by atoms with Crippen molar-refractivity contribution in [3.63, 3.8) is 0 Å². The van der Waals surface area contributed by atoms with Crippen LogP contribution in [-0.2, 0) is 19.1 Å². The van der Waals surface area contributed by atoms with Crippen LogP contribution < -0.4 is 9.92 Å². The monoisotopic (exact) mass is 348 g/mol. The standard InChI is InChI=1S/C18H24O5Si/c1-5-24(14-10-8-13(21-2)9-11-14)12-6-7-15(17(19)22-3)16(24)18(20)23-4/h8-11H,5-7,12H2,1-4H3/t24-/m0/s1. The Labute approximate surface area is 143 Å². The highest BCUT2D eigenvalue weighted by Crippen LogP contribution is 2.37. The third-order valence-electron chi connectivity index (χ3n) is 4.88. The molecule has 130 valence electrons. The van der Waals surface area contributed by atoms with Gasteiger partial charge in [0.05, 0.1) is 21.3 Å². The second-order valence-corrected chi connectivity index (χ2v) is 10.3. The van der Waals surface area contributed by atoms with Gasteiger partial charge in [0.1, 0.15) is 13.8 Å². The molecule has 0 saturated heterocycles. The first-order valence-electron chi connectivity index (χ1n) is 8.08. The Kier molecular flexibility index (Phi) is 5.83. The molecule has 2 rings (SSSR count). The Morgan fingerprint density at radius 1 is 1.04 bits per heavy atom. The van der Waals surface area contributed by atoms with E-state index < -0.39 is 20.0 Å². The van der Waals surface area contributed by atoms with Crippen molar-refractivity contribution in [2.24, 2.45) is 0 Å². The summed E-state index contributed by atoms with van der Waals surface area (Å²) in [5.74, 6) is -0.0556. The van der Waals surface area contributed by atoms with E-state index in [0.29, 0.717) is 17.2 Å². The average molecular weight is 348 g/mol. The van der Waals surface area contributed by atoms with Crippen molar-refractivity contribution in [3.05, 3.63) is 35.0 Å². The summed E-state index contributed by atoms with van der Waals surface area (Å²) in [6.07, 6.45) is 1.43. The summed E-state index contributed by atoms with van der Waals surface area (Å²) in [4.78, 5) is 24.8. The number of methoxy groups -OCH3 is 3. The lowest BCUT2D eigenvalue weighted by Crippen LogP contribution is -2.54. The molecule has 24 heavy (non-hydrogen) atoms. The number of rotatable bonds is 5. The van der Waals surface area contributed by atoms with Crippen molar-refractivity contribution in [3.8, 4) is 5.75 Å². The minimum atomic E-state index is -2.38. The first-order valence-corrected chi connectivity index (χ1v) is 10.5. The van der Waals surface area contributed by atoms with Gasteiger partial charge < -0.3 is 14.2 Å². The molecule has 0 bridgehead atoms. The lowest BCUT2D eigenvalue weighted by Gasteiger charge is -2.37. The quantitative estimate of drug-likeness (QED) is 0.604. The fourth-order valence-corrected chi connectivity index (χ4v) is 8.44. The Hall–Kier alpha value is -2.08. The normalized spacial score (nSPS) is 20.5. The van der Waals surface area contributed by atoms with Gasteiger partial charge in [0, 0.05) is 10.8 Å². The highest BCUT2D eigenvalue weighted by Gasteiger charge is 2.46. The van der Waals surface area contributed by atoms with Gasteiger partial charge in [-0.05, 0) is 24.6 Å². The van der Waals surface area contributed by atoms with Gasteiger partial charge in [-0.3, -0.25) is 0 Å². The molecule has 1 aliphatic rings. The van der Waals surface area contributed by atoms with Crippen LogP contribution in [0.25, 0.3) is 0 Å². The minimum absolute atomic E-state index is 0.403. The first-order chi connectivity index (χ1) is 11.5. The van der Waals surface area contributed by atoms with E-state index in [1.807, 2.05) is 24.3 Å². The predicted molar refractivity (Wildman–Crippen MR) is 94.0 cm³/mol. The number of hydrogen-bond acceptors (Lipinski definition) is 5. The van der Waals surface area contributed by atoms with Crippen LogP contribution in [0.1, 0.15) is 19.8 Å². The van der Waals surface area contributed by atoms with Crippen molar-refractivity contribution in [1.82, 2.24) is 0 Å². The third kappa shape index (κ3) is 3.10. The number of benzene rings is 1. The van der Waals surface area contributed by atoms with E-state index in [0.717, 1.165) is 29.4 Å². The van der Waals surface area contributed by atoms with E-state index in [1.54, 1.807) is 7.11 Å². The average Bonchev–Trinajstić information content (AvgIpc) is 2.65. The fraction of sp³-hybridized carbons (Fsp3) is 0.444. The molecule has 1 aliphatic heterocycles. The maximum atomic E-state index is 12.6. The van der Waals surface area contributed by atoms with E-state index in [2.05, 4.69) is 6.92 Å². The SMILES string of the molecule is CC[Si@@]1(c2ccc(OC)cc2)CCCC(C(=O)OC)=C1C(=O)OC.